The highest BCUT2D eigenvalue weighted by Crippen LogP contribution is 2.40. The van der Waals surface area contributed by atoms with Crippen molar-refractivity contribution in [3.8, 4) is 0 Å². The monoisotopic (exact) mass is 557 g/mol. The summed E-state index contributed by atoms with van der Waals surface area (Å²) in [5.74, 6) is 1.08. The lowest BCUT2D eigenvalue weighted by Crippen LogP contribution is -2.49. The second kappa shape index (κ2) is 16.3. The Kier molecular flexibility index (Phi) is 12.5. The van der Waals surface area contributed by atoms with Crippen LogP contribution in [0.5, 0.6) is 0 Å². The van der Waals surface area contributed by atoms with Gasteiger partial charge in [0.15, 0.2) is 6.29 Å². The highest BCUT2D eigenvalue weighted by atomic mass is 32.2. The molecule has 0 bridgehead atoms. The average molecular weight is 558 g/mol. The third-order valence-corrected chi connectivity index (χ3v) is 8.02. The van der Waals surface area contributed by atoms with Crippen LogP contribution in [0.2, 0.25) is 0 Å². The number of hydrogen-bond acceptors (Lipinski definition) is 10. The van der Waals surface area contributed by atoms with Crippen LogP contribution in [0.1, 0.15) is 12.5 Å². The van der Waals surface area contributed by atoms with E-state index >= 15 is 0 Å². The number of para-hydroxylation sites is 1. The molecule has 214 valence electrons. The number of fused-ring (bicyclic) bond motifs is 2. The van der Waals surface area contributed by atoms with Crippen molar-refractivity contribution in [2.24, 2.45) is 4.99 Å². The first-order valence-electron chi connectivity index (χ1n) is 14.0. The molecular weight excluding hydrogens is 514 g/mol. The summed E-state index contributed by atoms with van der Waals surface area (Å²) in [6.45, 7) is 13.5. The molecule has 0 radical (unpaired) electrons. The zero-order valence-corrected chi connectivity index (χ0v) is 23.8. The summed E-state index contributed by atoms with van der Waals surface area (Å²) in [7, 11) is 0. The Hall–Kier alpha value is -2.02. The van der Waals surface area contributed by atoms with Crippen molar-refractivity contribution in [3.05, 3.63) is 54.1 Å². The van der Waals surface area contributed by atoms with Crippen molar-refractivity contribution >= 4 is 23.3 Å². The number of hydrogen-bond donors (Lipinski definition) is 3. The first-order chi connectivity index (χ1) is 19.1. The Balaban J connectivity index is 0.000000247. The minimum Gasteiger partial charge on any atom is -0.394 e. The maximum atomic E-state index is 8.83. The van der Waals surface area contributed by atoms with Crippen LogP contribution < -0.4 is 5.32 Å². The molecule has 2 aromatic rings. The van der Waals surface area contributed by atoms with Crippen LogP contribution in [0.25, 0.3) is 0 Å². The molecule has 1 unspecified atom stereocenters. The lowest BCUT2D eigenvalue weighted by atomic mass is 10.1. The predicted octanol–water partition coefficient (Wildman–Crippen LogP) is 2.10. The highest BCUT2D eigenvalue weighted by Gasteiger charge is 2.25. The molecule has 3 N–H and O–H groups in total. The van der Waals surface area contributed by atoms with E-state index in [2.05, 4.69) is 68.5 Å². The fraction of sp³-hybridized carbons (Fsp3) is 0.552. The number of ether oxygens (including phenoxy) is 2. The number of benzene rings is 2. The summed E-state index contributed by atoms with van der Waals surface area (Å²) in [6, 6.07) is 16.9. The fourth-order valence-corrected chi connectivity index (χ4v) is 5.76. The Morgan fingerprint density at radius 2 is 1.54 bits per heavy atom. The van der Waals surface area contributed by atoms with Gasteiger partial charge in [0.25, 0.3) is 0 Å². The van der Waals surface area contributed by atoms with Gasteiger partial charge in [0.05, 0.1) is 32.1 Å². The van der Waals surface area contributed by atoms with Crippen molar-refractivity contribution in [2.75, 3.05) is 91.9 Å². The van der Waals surface area contributed by atoms with Crippen molar-refractivity contribution in [2.45, 2.75) is 23.0 Å². The maximum Gasteiger partial charge on any atom is 0.151 e. The third kappa shape index (κ3) is 9.54. The van der Waals surface area contributed by atoms with E-state index in [0.717, 1.165) is 77.0 Å². The Morgan fingerprint density at radius 3 is 2.28 bits per heavy atom. The van der Waals surface area contributed by atoms with E-state index in [1.165, 1.54) is 15.4 Å². The van der Waals surface area contributed by atoms with Crippen molar-refractivity contribution < 1.29 is 19.7 Å². The second-order valence-electron chi connectivity index (χ2n) is 9.73. The molecule has 3 aliphatic rings. The summed E-state index contributed by atoms with van der Waals surface area (Å²) < 4.78 is 10.4. The standard InChI is InChI=1S/C21H25N3O2S.C8H18N2O2/c25-14-16-26-15-13-23-9-11-24(12-10-23)21-17-5-1-3-7-19(17)27-20-8-4-2-6-18(20)22-21;1-8(11)12-7-6-10-4-2-9-3-5-10/h1-8,25H,9-16H2;8-9,11H,2-7H2,1H3. The minimum absolute atomic E-state index is 0.0898. The topological polar surface area (TPSA) is 93.0 Å². The van der Waals surface area contributed by atoms with E-state index in [4.69, 9.17) is 24.7 Å². The number of rotatable bonds is 9. The van der Waals surface area contributed by atoms with Gasteiger partial charge in [0, 0.05) is 80.8 Å². The number of nitrogens with one attached hydrogen (secondary N) is 1. The third-order valence-electron chi connectivity index (χ3n) is 6.87. The quantitative estimate of drug-likeness (QED) is 0.317. The Morgan fingerprint density at radius 1 is 0.872 bits per heavy atom. The van der Waals surface area contributed by atoms with Gasteiger partial charge in [0.1, 0.15) is 5.84 Å². The van der Waals surface area contributed by atoms with E-state index in [1.807, 2.05) is 0 Å². The van der Waals surface area contributed by atoms with Gasteiger partial charge < -0.3 is 29.9 Å². The van der Waals surface area contributed by atoms with E-state index in [1.54, 1.807) is 18.7 Å². The van der Waals surface area contributed by atoms with E-state index < -0.39 is 6.29 Å². The smallest absolute Gasteiger partial charge is 0.151 e. The van der Waals surface area contributed by atoms with Crippen LogP contribution in [0.15, 0.2) is 63.3 Å². The molecule has 2 saturated heterocycles. The lowest BCUT2D eigenvalue weighted by Gasteiger charge is -2.36. The van der Waals surface area contributed by atoms with Gasteiger partial charge in [-0.1, -0.05) is 42.1 Å². The number of amidine groups is 1. The Labute approximate surface area is 236 Å². The summed E-state index contributed by atoms with van der Waals surface area (Å²) >= 11 is 1.80. The molecule has 0 amide bonds. The predicted molar refractivity (Wildman–Crippen MR) is 156 cm³/mol. The molecule has 5 rings (SSSR count). The minimum atomic E-state index is -0.632. The van der Waals surface area contributed by atoms with Gasteiger partial charge >= 0.3 is 0 Å². The van der Waals surface area contributed by atoms with Gasteiger partial charge in [-0.2, -0.15) is 0 Å². The van der Waals surface area contributed by atoms with Crippen molar-refractivity contribution in [3.63, 3.8) is 0 Å². The highest BCUT2D eigenvalue weighted by molar-refractivity contribution is 7.99. The van der Waals surface area contributed by atoms with Crippen LogP contribution in [0.3, 0.4) is 0 Å². The van der Waals surface area contributed by atoms with E-state index in [-0.39, 0.29) is 6.61 Å². The van der Waals surface area contributed by atoms with E-state index in [9.17, 15) is 0 Å². The van der Waals surface area contributed by atoms with Crippen LogP contribution in [-0.2, 0) is 9.47 Å². The zero-order valence-electron chi connectivity index (χ0n) is 23.0. The summed E-state index contributed by atoms with van der Waals surface area (Å²) in [4.78, 5) is 14.7. The number of nitrogens with zero attached hydrogens (tertiary/aromatic N) is 4. The molecule has 2 fully saturated rings. The largest absolute Gasteiger partial charge is 0.394 e. The van der Waals surface area contributed by atoms with Crippen molar-refractivity contribution in [1.82, 2.24) is 20.0 Å². The first-order valence-corrected chi connectivity index (χ1v) is 14.8. The molecule has 0 aliphatic carbocycles. The van der Waals surface area contributed by atoms with Gasteiger partial charge in [-0.05, 0) is 25.1 Å². The van der Waals surface area contributed by atoms with Gasteiger partial charge in [-0.15, -0.1) is 0 Å². The molecule has 1 atom stereocenters. The normalized spacial score (nSPS) is 18.7. The Bertz CT molecular complexity index is 1030. The average Bonchev–Trinajstić information content (AvgIpc) is 3.13. The number of piperazine rings is 2. The molecule has 3 aliphatic heterocycles. The fourth-order valence-electron chi connectivity index (χ4n) is 4.74. The molecule has 39 heavy (non-hydrogen) atoms. The first kappa shape index (κ1) is 30.0. The SMILES string of the molecule is CC(O)OCCN1CCNCC1.OCCOCCN1CCN(C2=Nc3ccccc3Sc3ccccc32)CC1. The number of aliphatic imine (C=N–C) groups is 1. The molecular formula is C29H43N5O4S. The molecule has 10 heteroatoms. The second-order valence-corrected chi connectivity index (χ2v) is 10.8. The maximum absolute atomic E-state index is 8.83. The van der Waals surface area contributed by atoms with Crippen LogP contribution in [0.4, 0.5) is 5.69 Å². The van der Waals surface area contributed by atoms with Crippen LogP contribution in [-0.4, -0.2) is 129 Å². The lowest BCUT2D eigenvalue weighted by molar-refractivity contribution is -0.0896. The molecule has 3 heterocycles. The van der Waals surface area contributed by atoms with Crippen LogP contribution in [0, 0.1) is 0 Å². The van der Waals surface area contributed by atoms with Gasteiger partial charge in [-0.3, -0.25) is 9.80 Å². The van der Waals surface area contributed by atoms with Gasteiger partial charge in [-0.25, -0.2) is 4.99 Å². The molecule has 9 nitrogen and oxygen atoms in total. The van der Waals surface area contributed by atoms with Crippen molar-refractivity contribution in [1.29, 1.82) is 0 Å². The van der Waals surface area contributed by atoms with E-state index in [0.29, 0.717) is 19.8 Å². The van der Waals surface area contributed by atoms with Crippen LogP contribution >= 0.6 is 11.8 Å². The number of aliphatic hydroxyl groups is 2. The summed E-state index contributed by atoms with van der Waals surface area (Å²) in [5.41, 5.74) is 2.27. The van der Waals surface area contributed by atoms with Gasteiger partial charge in [0.2, 0.25) is 0 Å². The molecule has 0 aromatic heterocycles. The summed E-state index contributed by atoms with van der Waals surface area (Å²) in [5, 5.41) is 20.9. The molecule has 0 saturated carbocycles. The molecule has 0 spiro atoms. The zero-order chi connectivity index (χ0) is 27.3. The number of aliphatic hydroxyl groups excluding tert-OH is 2. The summed E-state index contributed by atoms with van der Waals surface area (Å²) in [6.07, 6.45) is -0.632. The molecule has 2 aromatic carbocycles.